The van der Waals surface area contributed by atoms with Gasteiger partial charge in [0.25, 0.3) is 0 Å². The highest BCUT2D eigenvalue weighted by molar-refractivity contribution is 5.79. The van der Waals surface area contributed by atoms with Crippen LogP contribution in [0.5, 0.6) is 0 Å². The van der Waals surface area contributed by atoms with E-state index in [-0.39, 0.29) is 18.1 Å². The lowest BCUT2D eigenvalue weighted by molar-refractivity contribution is -0.149. The molecule has 5 heteroatoms. The van der Waals surface area contributed by atoms with Gasteiger partial charge >= 0.3 is 0 Å². The number of amides is 1. The quantitative estimate of drug-likeness (QED) is 0.795. The molecule has 3 unspecified atom stereocenters. The summed E-state index contributed by atoms with van der Waals surface area (Å²) in [6, 6.07) is 4.22. The minimum Gasteiger partial charge on any atom is -0.376 e. The summed E-state index contributed by atoms with van der Waals surface area (Å²) in [6.07, 6.45) is 10.3. The van der Waals surface area contributed by atoms with Crippen LogP contribution in [0.25, 0.3) is 0 Å². The van der Waals surface area contributed by atoms with Gasteiger partial charge in [0, 0.05) is 24.9 Å². The monoisotopic (exact) mass is 372 g/mol. The number of carbonyl (C=O) groups is 1. The van der Waals surface area contributed by atoms with E-state index >= 15 is 0 Å². The molecule has 1 aliphatic heterocycles. The van der Waals surface area contributed by atoms with Crippen molar-refractivity contribution in [3.63, 3.8) is 0 Å². The number of pyridine rings is 1. The Balaban J connectivity index is 1.29. The number of rotatable bonds is 5. The highest BCUT2D eigenvalue weighted by Crippen LogP contribution is 2.37. The molecule has 5 nitrogen and oxygen atoms in total. The fourth-order valence-corrected chi connectivity index (χ4v) is 5.03. The summed E-state index contributed by atoms with van der Waals surface area (Å²) in [5.41, 5.74) is 1.10. The molecular formula is C22H32N2O3. The van der Waals surface area contributed by atoms with Crippen molar-refractivity contribution in [2.45, 2.75) is 64.2 Å². The van der Waals surface area contributed by atoms with E-state index in [2.05, 4.69) is 16.8 Å². The molecule has 3 fully saturated rings. The van der Waals surface area contributed by atoms with Gasteiger partial charge in [-0.05, 0) is 62.0 Å². The Hall–Kier alpha value is -1.46. The summed E-state index contributed by atoms with van der Waals surface area (Å²) < 4.78 is 12.0. The standard InChI is InChI=1S/C22H32N2O3/c1-16-4-6-19(7-5-16)22(25)24-9-10-27-21-12-18(11-20(21)24)15-26-14-17-3-2-8-23-13-17/h2-3,8,13,16,18-21H,4-7,9-12,14-15H2,1H3. The van der Waals surface area contributed by atoms with Crippen LogP contribution in [0.4, 0.5) is 0 Å². The van der Waals surface area contributed by atoms with E-state index in [0.29, 0.717) is 25.0 Å². The molecule has 3 aliphatic rings. The fourth-order valence-electron chi connectivity index (χ4n) is 5.03. The summed E-state index contributed by atoms with van der Waals surface area (Å²) in [7, 11) is 0. The molecule has 0 radical (unpaired) electrons. The van der Waals surface area contributed by atoms with Crippen LogP contribution in [-0.4, -0.2) is 47.7 Å². The zero-order chi connectivity index (χ0) is 18.6. The molecule has 0 N–H and O–H groups in total. The first-order chi connectivity index (χ1) is 13.2. The molecule has 1 saturated heterocycles. The summed E-state index contributed by atoms with van der Waals surface area (Å²) in [5, 5.41) is 0. The van der Waals surface area contributed by atoms with Crippen LogP contribution in [-0.2, 0) is 20.9 Å². The van der Waals surface area contributed by atoms with E-state index < -0.39 is 0 Å². The average molecular weight is 373 g/mol. The zero-order valence-corrected chi connectivity index (χ0v) is 16.4. The molecule has 0 spiro atoms. The van der Waals surface area contributed by atoms with Gasteiger partial charge in [0.15, 0.2) is 0 Å². The van der Waals surface area contributed by atoms with Crippen LogP contribution in [0, 0.1) is 17.8 Å². The van der Waals surface area contributed by atoms with Crippen LogP contribution < -0.4 is 0 Å². The molecule has 1 amide bonds. The third kappa shape index (κ3) is 4.52. The first kappa shape index (κ1) is 18.9. The molecule has 4 rings (SSSR count). The molecule has 2 aliphatic carbocycles. The van der Waals surface area contributed by atoms with E-state index in [1.807, 2.05) is 18.3 Å². The average Bonchev–Trinajstić information content (AvgIpc) is 3.12. The van der Waals surface area contributed by atoms with Gasteiger partial charge in [-0.25, -0.2) is 0 Å². The van der Waals surface area contributed by atoms with Crippen molar-refractivity contribution in [3.8, 4) is 0 Å². The maximum atomic E-state index is 13.1. The Morgan fingerprint density at radius 2 is 2.15 bits per heavy atom. The highest BCUT2D eigenvalue weighted by Gasteiger charge is 2.44. The molecule has 27 heavy (non-hydrogen) atoms. The largest absolute Gasteiger partial charge is 0.376 e. The van der Waals surface area contributed by atoms with Gasteiger partial charge in [-0.15, -0.1) is 0 Å². The first-order valence-electron chi connectivity index (χ1n) is 10.6. The maximum Gasteiger partial charge on any atom is 0.226 e. The summed E-state index contributed by atoms with van der Waals surface area (Å²) in [5.74, 6) is 1.87. The van der Waals surface area contributed by atoms with Crippen molar-refractivity contribution in [2.24, 2.45) is 17.8 Å². The third-order valence-electron chi connectivity index (χ3n) is 6.63. The van der Waals surface area contributed by atoms with Crippen molar-refractivity contribution >= 4 is 5.91 Å². The van der Waals surface area contributed by atoms with Crippen LogP contribution in [0.1, 0.15) is 51.0 Å². The van der Waals surface area contributed by atoms with E-state index in [1.165, 1.54) is 12.8 Å². The number of hydrogen-bond acceptors (Lipinski definition) is 4. The Kier molecular flexibility index (Phi) is 6.08. The second-order valence-electron chi connectivity index (χ2n) is 8.68. The van der Waals surface area contributed by atoms with Gasteiger partial charge in [-0.2, -0.15) is 0 Å². The second kappa shape index (κ2) is 8.70. The number of morpholine rings is 1. The molecule has 0 bridgehead atoms. The van der Waals surface area contributed by atoms with Gasteiger partial charge in [-0.1, -0.05) is 13.0 Å². The van der Waals surface area contributed by atoms with Crippen LogP contribution in [0.2, 0.25) is 0 Å². The minimum atomic E-state index is 0.192. The number of fused-ring (bicyclic) bond motifs is 1. The minimum absolute atomic E-state index is 0.192. The highest BCUT2D eigenvalue weighted by atomic mass is 16.5. The molecule has 148 valence electrons. The van der Waals surface area contributed by atoms with Gasteiger partial charge in [0.2, 0.25) is 5.91 Å². The predicted octanol–water partition coefficient (Wildman–Crippen LogP) is 3.43. The fraction of sp³-hybridized carbons (Fsp3) is 0.727. The normalized spacial score (nSPS) is 33.7. The number of hydrogen-bond donors (Lipinski definition) is 0. The Labute approximate surface area is 162 Å². The molecule has 2 heterocycles. The van der Waals surface area contributed by atoms with Crippen molar-refractivity contribution < 1.29 is 14.3 Å². The molecule has 1 aromatic rings. The lowest BCUT2D eigenvalue weighted by Gasteiger charge is -2.40. The second-order valence-corrected chi connectivity index (χ2v) is 8.68. The van der Waals surface area contributed by atoms with E-state index in [0.717, 1.165) is 50.3 Å². The van der Waals surface area contributed by atoms with Gasteiger partial charge in [0.05, 0.1) is 32.0 Å². The molecular weight excluding hydrogens is 340 g/mol. The van der Waals surface area contributed by atoms with Crippen LogP contribution in [0.15, 0.2) is 24.5 Å². The molecule has 3 atom stereocenters. The Morgan fingerprint density at radius 3 is 2.93 bits per heavy atom. The van der Waals surface area contributed by atoms with E-state index in [1.54, 1.807) is 6.20 Å². The maximum absolute atomic E-state index is 13.1. The van der Waals surface area contributed by atoms with Crippen molar-refractivity contribution in [1.82, 2.24) is 9.88 Å². The third-order valence-corrected chi connectivity index (χ3v) is 6.63. The number of carbonyl (C=O) groups excluding carboxylic acids is 1. The topological polar surface area (TPSA) is 51.7 Å². The predicted molar refractivity (Wildman–Crippen MR) is 103 cm³/mol. The molecule has 2 saturated carbocycles. The first-order valence-corrected chi connectivity index (χ1v) is 10.6. The van der Waals surface area contributed by atoms with Gasteiger partial charge in [0.1, 0.15) is 0 Å². The lowest BCUT2D eigenvalue weighted by Crippen LogP contribution is -2.53. The zero-order valence-electron chi connectivity index (χ0n) is 16.4. The Bertz CT molecular complexity index is 615. The number of ether oxygens (including phenoxy) is 2. The lowest BCUT2D eigenvalue weighted by atomic mass is 9.82. The number of aromatic nitrogens is 1. The SMILES string of the molecule is CC1CCC(C(=O)N2CCOC3CC(COCc4cccnc4)CC32)CC1. The van der Waals surface area contributed by atoms with Crippen LogP contribution >= 0.6 is 0 Å². The van der Waals surface area contributed by atoms with E-state index in [9.17, 15) is 4.79 Å². The number of nitrogens with zero attached hydrogens (tertiary/aromatic N) is 2. The van der Waals surface area contributed by atoms with Gasteiger partial charge in [-0.3, -0.25) is 9.78 Å². The summed E-state index contributed by atoms with van der Waals surface area (Å²) >= 11 is 0. The Morgan fingerprint density at radius 1 is 1.30 bits per heavy atom. The summed E-state index contributed by atoms with van der Waals surface area (Å²) in [6.45, 7) is 5.07. The smallest absolute Gasteiger partial charge is 0.226 e. The van der Waals surface area contributed by atoms with Crippen molar-refractivity contribution in [2.75, 3.05) is 19.8 Å². The van der Waals surface area contributed by atoms with Crippen LogP contribution in [0.3, 0.4) is 0 Å². The van der Waals surface area contributed by atoms with Crippen molar-refractivity contribution in [1.29, 1.82) is 0 Å². The van der Waals surface area contributed by atoms with Crippen molar-refractivity contribution in [3.05, 3.63) is 30.1 Å². The summed E-state index contributed by atoms with van der Waals surface area (Å²) in [4.78, 5) is 19.4. The van der Waals surface area contributed by atoms with Gasteiger partial charge < -0.3 is 14.4 Å². The van der Waals surface area contributed by atoms with E-state index in [4.69, 9.17) is 9.47 Å². The molecule has 0 aromatic carbocycles. The molecule has 1 aromatic heterocycles.